The lowest BCUT2D eigenvalue weighted by molar-refractivity contribution is -0.0440. The van der Waals surface area contributed by atoms with E-state index in [1.165, 1.54) is 22.5 Å². The zero-order chi connectivity index (χ0) is 20.5. The van der Waals surface area contributed by atoms with Crippen LogP contribution >= 0.6 is 11.6 Å². The number of hydrogen-bond donors (Lipinski definition) is 1. The number of nitrogens with zero attached hydrogens (tertiary/aromatic N) is 1. The van der Waals surface area contributed by atoms with Crippen LogP contribution in [0.2, 0.25) is 5.02 Å². The average molecular weight is 423 g/mol. The molecule has 0 bridgehead atoms. The maximum Gasteiger partial charge on any atom is 0.255 e. The Morgan fingerprint density at radius 2 is 1.79 bits per heavy atom. The first kappa shape index (κ1) is 20.8. The topological polar surface area (TPSA) is 75.7 Å². The molecule has 1 saturated heterocycles. The molecule has 3 rings (SSSR count). The normalized spacial score (nSPS) is 20.7. The lowest BCUT2D eigenvalue weighted by Crippen LogP contribution is -2.48. The van der Waals surface area contributed by atoms with Crippen molar-refractivity contribution in [2.45, 2.75) is 37.9 Å². The summed E-state index contributed by atoms with van der Waals surface area (Å²) in [5, 5.41) is 2.89. The molecule has 0 aromatic heterocycles. The molecule has 2 aromatic carbocycles. The Bertz CT molecular complexity index is 983. The Kier molecular flexibility index (Phi) is 6.09. The van der Waals surface area contributed by atoms with Crippen LogP contribution < -0.4 is 5.32 Å². The Morgan fingerprint density at radius 1 is 1.14 bits per heavy atom. The van der Waals surface area contributed by atoms with Gasteiger partial charge in [0.2, 0.25) is 10.0 Å². The van der Waals surface area contributed by atoms with Crippen LogP contribution in [0.25, 0.3) is 0 Å². The minimum atomic E-state index is -3.85. The maximum absolute atomic E-state index is 13.1. The summed E-state index contributed by atoms with van der Waals surface area (Å²) >= 11 is 6.19. The fourth-order valence-corrected chi connectivity index (χ4v) is 5.31. The van der Waals surface area contributed by atoms with E-state index in [4.69, 9.17) is 16.3 Å². The minimum Gasteiger partial charge on any atom is -0.373 e. The molecule has 1 heterocycles. The van der Waals surface area contributed by atoms with Crippen LogP contribution in [0.5, 0.6) is 0 Å². The molecule has 150 valence electrons. The third-order valence-electron chi connectivity index (χ3n) is 4.59. The molecule has 0 spiro atoms. The summed E-state index contributed by atoms with van der Waals surface area (Å²) in [5.41, 5.74) is 1.80. The lowest BCUT2D eigenvalue weighted by Gasteiger charge is -2.34. The van der Waals surface area contributed by atoms with Gasteiger partial charge in [0.15, 0.2) is 0 Å². The van der Waals surface area contributed by atoms with E-state index in [0.717, 1.165) is 5.56 Å². The van der Waals surface area contributed by atoms with Gasteiger partial charge >= 0.3 is 0 Å². The van der Waals surface area contributed by atoms with Crippen molar-refractivity contribution in [1.82, 2.24) is 4.31 Å². The summed E-state index contributed by atoms with van der Waals surface area (Å²) in [6, 6.07) is 11.7. The molecule has 0 aliphatic carbocycles. The SMILES string of the molecule is Cc1ccccc1NC(=O)c1ccc(Cl)c(S(=O)(=O)N2CC(C)OC(C)C2)c1. The van der Waals surface area contributed by atoms with E-state index in [9.17, 15) is 13.2 Å². The average Bonchev–Trinajstić information content (AvgIpc) is 2.63. The molecule has 1 aliphatic rings. The molecular weight excluding hydrogens is 400 g/mol. The number of nitrogens with one attached hydrogen (secondary N) is 1. The number of benzene rings is 2. The molecule has 28 heavy (non-hydrogen) atoms. The maximum atomic E-state index is 13.1. The van der Waals surface area contributed by atoms with Crippen molar-refractivity contribution in [2.24, 2.45) is 0 Å². The summed E-state index contributed by atoms with van der Waals surface area (Å²) in [6.07, 6.45) is -0.435. The van der Waals surface area contributed by atoms with E-state index >= 15 is 0 Å². The minimum absolute atomic E-state index is 0.0760. The lowest BCUT2D eigenvalue weighted by atomic mass is 10.1. The van der Waals surface area contributed by atoms with Crippen molar-refractivity contribution >= 4 is 33.2 Å². The summed E-state index contributed by atoms with van der Waals surface area (Å²) in [5.74, 6) is -0.397. The highest BCUT2D eigenvalue weighted by molar-refractivity contribution is 7.89. The Labute approximate surface area is 170 Å². The number of ether oxygens (including phenoxy) is 1. The van der Waals surface area contributed by atoms with Crippen LogP contribution in [0.4, 0.5) is 5.69 Å². The summed E-state index contributed by atoms with van der Waals surface area (Å²) in [6.45, 7) is 6.01. The van der Waals surface area contributed by atoms with Crippen LogP contribution in [0.1, 0.15) is 29.8 Å². The highest BCUT2D eigenvalue weighted by atomic mass is 35.5. The number of sulfonamides is 1. The van der Waals surface area contributed by atoms with Crippen LogP contribution in [0.15, 0.2) is 47.4 Å². The van der Waals surface area contributed by atoms with Crippen molar-refractivity contribution in [2.75, 3.05) is 18.4 Å². The molecule has 1 fully saturated rings. The molecule has 0 radical (unpaired) electrons. The van der Waals surface area contributed by atoms with E-state index in [2.05, 4.69) is 5.32 Å². The Hall–Kier alpha value is -1.93. The predicted molar refractivity (Wildman–Crippen MR) is 109 cm³/mol. The smallest absolute Gasteiger partial charge is 0.255 e. The molecule has 0 saturated carbocycles. The summed E-state index contributed by atoms with van der Waals surface area (Å²) in [4.78, 5) is 12.6. The van der Waals surface area contributed by atoms with Gasteiger partial charge in [-0.05, 0) is 50.6 Å². The van der Waals surface area contributed by atoms with Gasteiger partial charge < -0.3 is 10.1 Å². The molecule has 2 unspecified atom stereocenters. The molecular formula is C20H23ClN2O4S. The highest BCUT2D eigenvalue weighted by Gasteiger charge is 2.33. The first-order valence-electron chi connectivity index (χ1n) is 9.00. The number of halogens is 1. The molecule has 2 atom stereocenters. The molecule has 1 N–H and O–H groups in total. The fraction of sp³-hybridized carbons (Fsp3) is 0.350. The first-order valence-corrected chi connectivity index (χ1v) is 10.8. The van der Waals surface area contributed by atoms with E-state index in [-0.39, 0.29) is 40.8 Å². The van der Waals surface area contributed by atoms with Crippen molar-refractivity contribution in [3.63, 3.8) is 0 Å². The number of morpholine rings is 1. The number of rotatable bonds is 4. The first-order chi connectivity index (χ1) is 13.2. The molecule has 6 nitrogen and oxygen atoms in total. The van der Waals surface area contributed by atoms with Crippen molar-refractivity contribution in [3.05, 3.63) is 58.6 Å². The molecule has 2 aromatic rings. The number of amides is 1. The van der Waals surface area contributed by atoms with Crippen molar-refractivity contribution in [1.29, 1.82) is 0 Å². The van der Waals surface area contributed by atoms with E-state index in [1.807, 2.05) is 39.0 Å². The van der Waals surface area contributed by atoms with Gasteiger partial charge in [-0.15, -0.1) is 0 Å². The van der Waals surface area contributed by atoms with Gasteiger partial charge in [0.1, 0.15) is 4.90 Å². The number of carbonyl (C=O) groups is 1. The van der Waals surface area contributed by atoms with Gasteiger partial charge in [-0.25, -0.2) is 8.42 Å². The Morgan fingerprint density at radius 3 is 2.43 bits per heavy atom. The molecule has 1 amide bonds. The van der Waals surface area contributed by atoms with Gasteiger partial charge in [-0.2, -0.15) is 4.31 Å². The van der Waals surface area contributed by atoms with Crippen LogP contribution in [0, 0.1) is 6.92 Å². The van der Waals surface area contributed by atoms with Gasteiger partial charge in [0, 0.05) is 24.3 Å². The van der Waals surface area contributed by atoms with Crippen molar-refractivity contribution < 1.29 is 17.9 Å². The van der Waals surface area contributed by atoms with Crippen LogP contribution in [-0.4, -0.2) is 43.9 Å². The monoisotopic (exact) mass is 422 g/mol. The van der Waals surface area contributed by atoms with Crippen molar-refractivity contribution in [3.8, 4) is 0 Å². The predicted octanol–water partition coefficient (Wildman–Crippen LogP) is 3.70. The quantitative estimate of drug-likeness (QED) is 0.815. The number of hydrogen-bond acceptors (Lipinski definition) is 4. The molecule has 1 aliphatic heterocycles. The second-order valence-corrected chi connectivity index (χ2v) is 9.31. The molecule has 8 heteroatoms. The fourth-order valence-electron chi connectivity index (χ4n) is 3.22. The third-order valence-corrected chi connectivity index (χ3v) is 6.90. The third kappa shape index (κ3) is 4.38. The number of anilines is 1. The van der Waals surface area contributed by atoms with Gasteiger partial charge in [0.25, 0.3) is 5.91 Å². The zero-order valence-electron chi connectivity index (χ0n) is 16.0. The van der Waals surface area contributed by atoms with E-state index in [0.29, 0.717) is 5.69 Å². The second kappa shape index (κ2) is 8.21. The second-order valence-electron chi connectivity index (χ2n) is 6.99. The standard InChI is InChI=1S/C20H23ClN2O4S/c1-13-6-4-5-7-18(13)22-20(24)16-8-9-17(21)19(10-16)28(25,26)23-11-14(2)27-15(3)12-23/h4-10,14-15H,11-12H2,1-3H3,(H,22,24). The number of carbonyl (C=O) groups excluding carboxylic acids is 1. The van der Waals surface area contributed by atoms with Gasteiger partial charge in [-0.3, -0.25) is 4.79 Å². The zero-order valence-corrected chi connectivity index (χ0v) is 17.5. The highest BCUT2D eigenvalue weighted by Crippen LogP contribution is 2.28. The van der Waals surface area contributed by atoms with Gasteiger partial charge in [0.05, 0.1) is 17.2 Å². The van der Waals surface area contributed by atoms with E-state index in [1.54, 1.807) is 6.07 Å². The summed E-state index contributed by atoms with van der Waals surface area (Å²) < 4.78 is 33.3. The van der Waals surface area contributed by atoms with Crippen LogP contribution in [0.3, 0.4) is 0 Å². The van der Waals surface area contributed by atoms with E-state index < -0.39 is 15.9 Å². The number of aryl methyl sites for hydroxylation is 1. The van der Waals surface area contributed by atoms with Crippen LogP contribution in [-0.2, 0) is 14.8 Å². The summed E-state index contributed by atoms with van der Waals surface area (Å²) in [7, 11) is -3.85. The largest absolute Gasteiger partial charge is 0.373 e. The van der Waals surface area contributed by atoms with Gasteiger partial charge in [-0.1, -0.05) is 29.8 Å². The number of para-hydroxylation sites is 1. The Balaban J connectivity index is 1.91.